The van der Waals surface area contributed by atoms with Gasteiger partial charge >= 0.3 is 18.0 Å². The fourth-order valence-corrected chi connectivity index (χ4v) is 3.08. The molecule has 0 spiro atoms. The maximum absolute atomic E-state index is 12.5. The monoisotopic (exact) mass is 493 g/mol. The van der Waals surface area contributed by atoms with E-state index >= 15 is 0 Å². The van der Waals surface area contributed by atoms with Crippen LogP contribution in [0.5, 0.6) is 0 Å². The van der Waals surface area contributed by atoms with Crippen molar-refractivity contribution < 1.29 is 29.4 Å². The Morgan fingerprint density at radius 2 is 1.57 bits per heavy atom. The highest BCUT2D eigenvalue weighted by molar-refractivity contribution is 5.90. The van der Waals surface area contributed by atoms with E-state index in [0.717, 1.165) is 32.1 Å². The normalized spacial score (nSPS) is 12.1. The molecule has 0 saturated heterocycles. The van der Waals surface area contributed by atoms with Gasteiger partial charge in [0.1, 0.15) is 12.1 Å². The van der Waals surface area contributed by atoms with Crippen molar-refractivity contribution in [1.29, 1.82) is 0 Å². The molecule has 13 nitrogen and oxygen atoms in total. The second kappa shape index (κ2) is 16.7. The van der Waals surface area contributed by atoms with Crippen LogP contribution in [0, 0.1) is 0 Å². The van der Waals surface area contributed by atoms with Gasteiger partial charge in [0.05, 0.1) is 6.42 Å². The lowest BCUT2D eigenvalue weighted by Crippen LogP contribution is -2.57. The Balaban J connectivity index is 2.42. The number of aliphatic carboxylic acids is 2. The van der Waals surface area contributed by atoms with Gasteiger partial charge in [0.2, 0.25) is 5.91 Å². The number of urea groups is 1. The second-order valence-corrected chi connectivity index (χ2v) is 7.84. The van der Waals surface area contributed by atoms with Gasteiger partial charge in [-0.25, -0.2) is 15.0 Å². The molecule has 2 atom stereocenters. The molecule has 0 radical (unpaired) electrons. The third-order valence-electron chi connectivity index (χ3n) is 4.87. The van der Waals surface area contributed by atoms with Crippen LogP contribution >= 0.6 is 0 Å². The number of benzene rings is 1. The Kier molecular flexibility index (Phi) is 13.9. The number of hydrogen-bond acceptors (Lipinski definition) is 6. The molecule has 194 valence electrons. The molecule has 0 aliphatic carbocycles. The van der Waals surface area contributed by atoms with E-state index in [9.17, 15) is 24.3 Å². The SMILES string of the molecule is NC(N)=NCCCCCCCNC(=O)NN[C@@H](CC(=O)O)C(=O)N[C@@H](Cc1ccccc1)C(=O)O. The van der Waals surface area contributed by atoms with Gasteiger partial charge in [0.25, 0.3) is 0 Å². The number of hydrazine groups is 1. The first kappa shape index (κ1) is 29.2. The first-order valence-electron chi connectivity index (χ1n) is 11.3. The Morgan fingerprint density at radius 3 is 2.20 bits per heavy atom. The van der Waals surface area contributed by atoms with Gasteiger partial charge in [-0.15, -0.1) is 0 Å². The average Bonchev–Trinajstić information content (AvgIpc) is 2.80. The van der Waals surface area contributed by atoms with Crippen LogP contribution in [0.2, 0.25) is 0 Å². The minimum absolute atomic E-state index is 0.0178. The fraction of sp³-hybridized carbons (Fsp3) is 0.500. The number of nitrogens with one attached hydrogen (secondary N) is 4. The molecular weight excluding hydrogens is 458 g/mol. The molecule has 0 heterocycles. The molecule has 1 rings (SSSR count). The van der Waals surface area contributed by atoms with Crippen molar-refractivity contribution >= 4 is 29.8 Å². The van der Waals surface area contributed by atoms with E-state index in [4.69, 9.17) is 16.6 Å². The Hall–Kier alpha value is -3.87. The molecule has 1 aromatic carbocycles. The van der Waals surface area contributed by atoms with Crippen molar-refractivity contribution in [3.8, 4) is 0 Å². The van der Waals surface area contributed by atoms with Gasteiger partial charge in [-0.2, -0.15) is 0 Å². The van der Waals surface area contributed by atoms with Crippen LogP contribution in [0.15, 0.2) is 35.3 Å². The average molecular weight is 494 g/mol. The highest BCUT2D eigenvalue weighted by Gasteiger charge is 2.27. The van der Waals surface area contributed by atoms with Crippen LogP contribution in [-0.4, -0.2) is 65.2 Å². The van der Waals surface area contributed by atoms with Gasteiger partial charge in [0.15, 0.2) is 5.96 Å². The van der Waals surface area contributed by atoms with Crippen molar-refractivity contribution in [3.05, 3.63) is 35.9 Å². The summed E-state index contributed by atoms with van der Waals surface area (Å²) in [5.74, 6) is -3.35. The number of nitrogens with zero attached hydrogens (tertiary/aromatic N) is 1. The molecule has 0 unspecified atom stereocenters. The highest BCUT2D eigenvalue weighted by atomic mass is 16.4. The van der Waals surface area contributed by atoms with Crippen molar-refractivity contribution in [2.45, 2.75) is 57.0 Å². The van der Waals surface area contributed by atoms with Gasteiger partial charge in [-0.1, -0.05) is 49.6 Å². The van der Waals surface area contributed by atoms with Crippen molar-refractivity contribution in [1.82, 2.24) is 21.5 Å². The molecule has 35 heavy (non-hydrogen) atoms. The van der Waals surface area contributed by atoms with E-state index in [1.807, 2.05) is 0 Å². The smallest absolute Gasteiger partial charge is 0.329 e. The summed E-state index contributed by atoms with van der Waals surface area (Å²) in [5, 5.41) is 23.5. The highest BCUT2D eigenvalue weighted by Crippen LogP contribution is 2.05. The minimum Gasteiger partial charge on any atom is -0.481 e. The number of hydrogen-bond donors (Lipinski definition) is 8. The van der Waals surface area contributed by atoms with Gasteiger partial charge < -0.3 is 32.3 Å². The van der Waals surface area contributed by atoms with E-state index in [1.165, 1.54) is 0 Å². The van der Waals surface area contributed by atoms with Crippen LogP contribution in [-0.2, 0) is 20.8 Å². The number of amides is 3. The summed E-state index contributed by atoms with van der Waals surface area (Å²) >= 11 is 0. The number of carboxylic acids is 2. The number of aliphatic imine (C=N–C) groups is 1. The van der Waals surface area contributed by atoms with Crippen LogP contribution in [0.4, 0.5) is 4.79 Å². The topological polar surface area (TPSA) is 221 Å². The molecule has 0 aliphatic heterocycles. The summed E-state index contributed by atoms with van der Waals surface area (Å²) in [6.45, 7) is 0.967. The van der Waals surface area contributed by atoms with E-state index < -0.39 is 42.4 Å². The molecule has 0 aromatic heterocycles. The molecule has 1 aromatic rings. The van der Waals surface area contributed by atoms with Crippen molar-refractivity contribution in [2.75, 3.05) is 13.1 Å². The Labute approximate surface area is 203 Å². The van der Waals surface area contributed by atoms with Crippen molar-refractivity contribution in [2.24, 2.45) is 16.5 Å². The summed E-state index contributed by atoms with van der Waals surface area (Å²) in [4.78, 5) is 51.1. The van der Waals surface area contributed by atoms with Crippen LogP contribution in [0.3, 0.4) is 0 Å². The number of carboxylic acid groups (broad SMARTS) is 2. The predicted octanol–water partition coefficient (Wildman–Crippen LogP) is -0.330. The first-order valence-corrected chi connectivity index (χ1v) is 11.3. The van der Waals surface area contributed by atoms with Gasteiger partial charge in [0, 0.05) is 19.5 Å². The van der Waals surface area contributed by atoms with Crippen LogP contribution in [0.1, 0.15) is 44.1 Å². The largest absolute Gasteiger partial charge is 0.481 e. The zero-order valence-corrected chi connectivity index (χ0v) is 19.5. The van der Waals surface area contributed by atoms with Crippen molar-refractivity contribution in [3.63, 3.8) is 0 Å². The number of rotatable bonds is 17. The summed E-state index contributed by atoms with van der Waals surface area (Å²) < 4.78 is 0. The maximum Gasteiger partial charge on any atom is 0.329 e. The number of carbonyl (C=O) groups is 4. The summed E-state index contributed by atoms with van der Waals surface area (Å²) in [7, 11) is 0. The molecule has 0 saturated carbocycles. The minimum atomic E-state index is -1.37. The van der Waals surface area contributed by atoms with E-state index in [2.05, 4.69) is 26.5 Å². The Bertz CT molecular complexity index is 846. The number of nitrogens with two attached hydrogens (primary N) is 2. The van der Waals surface area contributed by atoms with E-state index in [0.29, 0.717) is 18.7 Å². The predicted molar refractivity (Wildman–Crippen MR) is 129 cm³/mol. The number of guanidine groups is 1. The molecule has 0 aliphatic rings. The third kappa shape index (κ3) is 14.1. The summed E-state index contributed by atoms with van der Waals surface area (Å²) in [6, 6.07) is 5.41. The number of unbranched alkanes of at least 4 members (excludes halogenated alkanes) is 4. The maximum atomic E-state index is 12.5. The molecule has 3 amide bonds. The molecule has 10 N–H and O–H groups in total. The molecule has 13 heteroatoms. The summed E-state index contributed by atoms with van der Waals surface area (Å²) in [5.41, 5.74) is 15.8. The lowest BCUT2D eigenvalue weighted by atomic mass is 10.1. The first-order chi connectivity index (χ1) is 16.7. The lowest BCUT2D eigenvalue weighted by molar-refractivity contribution is -0.143. The number of carbonyl (C=O) groups excluding carboxylic acids is 2. The van der Waals surface area contributed by atoms with Gasteiger partial charge in [-0.3, -0.25) is 20.0 Å². The van der Waals surface area contributed by atoms with E-state index in [-0.39, 0.29) is 12.4 Å². The molecule has 0 bridgehead atoms. The molecular formula is C22H35N7O6. The Morgan fingerprint density at radius 1 is 0.914 bits per heavy atom. The fourth-order valence-electron chi connectivity index (χ4n) is 3.08. The second-order valence-electron chi connectivity index (χ2n) is 7.84. The molecule has 0 fully saturated rings. The van der Waals surface area contributed by atoms with E-state index in [1.54, 1.807) is 30.3 Å². The lowest BCUT2D eigenvalue weighted by Gasteiger charge is -2.21. The zero-order valence-electron chi connectivity index (χ0n) is 19.5. The summed E-state index contributed by atoms with van der Waals surface area (Å²) in [6.07, 6.45) is 3.75. The van der Waals surface area contributed by atoms with Gasteiger partial charge in [-0.05, 0) is 18.4 Å². The quantitative estimate of drug-likeness (QED) is 0.0615. The standard InChI is InChI=1S/C22H35N7O6/c23-21(24)25-11-7-2-1-3-8-12-26-22(35)29-28-16(14-18(30)31)19(32)27-17(20(33)34)13-15-9-5-4-6-10-15/h4-6,9-10,16-17,28H,1-3,7-8,11-14H2,(H,27,32)(H,30,31)(H,33,34)(H4,23,24,25)(H2,26,29,35)/t16-,17-/m0/s1. The third-order valence-corrected chi connectivity index (χ3v) is 4.87. The van der Waals surface area contributed by atoms with Crippen LogP contribution < -0.4 is 33.0 Å². The zero-order chi connectivity index (χ0) is 26.1. The van der Waals surface area contributed by atoms with Crippen LogP contribution in [0.25, 0.3) is 0 Å².